The maximum absolute atomic E-state index is 10.8. The molecule has 6 N–H and O–H groups in total. The molecule has 6 heteroatoms. The van der Waals surface area contributed by atoms with Crippen LogP contribution in [0.2, 0.25) is 0 Å². The Balaban J connectivity index is 1.78. The highest BCUT2D eigenvalue weighted by molar-refractivity contribution is 5.56. The fourth-order valence-electron chi connectivity index (χ4n) is 4.62. The monoisotopic (exact) mass is 486 g/mol. The quantitative estimate of drug-likeness (QED) is 0.181. The van der Waals surface area contributed by atoms with E-state index in [1.807, 2.05) is 6.92 Å². The number of hydrogen-bond donors (Lipinski definition) is 6. The molecule has 4 aromatic carbocycles. The largest absolute Gasteiger partial charge is 0.508 e. The molecule has 0 spiro atoms. The number of benzene rings is 4. The van der Waals surface area contributed by atoms with Gasteiger partial charge in [-0.25, -0.2) is 0 Å². The summed E-state index contributed by atoms with van der Waals surface area (Å²) in [5, 5.41) is 63.0. The molecule has 0 atom stereocenters. The zero-order valence-corrected chi connectivity index (χ0v) is 20.0. The highest BCUT2D eigenvalue weighted by Crippen LogP contribution is 2.44. The molecule has 0 radical (unpaired) electrons. The number of phenolic OH excluding ortho intramolecular Hbond substituents is 6. The van der Waals surface area contributed by atoms with Crippen LogP contribution in [0.4, 0.5) is 0 Å². The zero-order valence-electron chi connectivity index (χ0n) is 20.0. The molecule has 0 aromatic heterocycles. The van der Waals surface area contributed by atoms with Gasteiger partial charge in [-0.2, -0.15) is 0 Å². The SMILES string of the molecule is CCCC(c1cc(Cc2ccccc2O)c(O)cc1O)c1cc(Cc2ccccc2O)c(O)cc1O. The van der Waals surface area contributed by atoms with E-state index >= 15 is 0 Å². The van der Waals surface area contributed by atoms with Gasteiger partial charge in [0.05, 0.1) is 0 Å². The van der Waals surface area contributed by atoms with E-state index in [0.29, 0.717) is 39.8 Å². The van der Waals surface area contributed by atoms with Crippen LogP contribution in [0.1, 0.15) is 59.1 Å². The highest BCUT2D eigenvalue weighted by Gasteiger charge is 2.24. The van der Waals surface area contributed by atoms with Crippen LogP contribution in [-0.2, 0) is 12.8 Å². The summed E-state index contributed by atoms with van der Waals surface area (Å²) in [6.45, 7) is 1.99. The summed E-state index contributed by atoms with van der Waals surface area (Å²) in [5.74, 6) is -0.607. The van der Waals surface area contributed by atoms with Crippen molar-refractivity contribution < 1.29 is 30.6 Å². The Kier molecular flexibility index (Phi) is 7.25. The molecule has 0 aliphatic carbocycles. The average Bonchev–Trinajstić information content (AvgIpc) is 2.84. The van der Waals surface area contributed by atoms with Crippen LogP contribution >= 0.6 is 0 Å². The summed E-state index contributed by atoms with van der Waals surface area (Å²) in [4.78, 5) is 0. The highest BCUT2D eigenvalue weighted by atomic mass is 16.3. The van der Waals surface area contributed by atoms with Crippen molar-refractivity contribution in [2.24, 2.45) is 0 Å². The van der Waals surface area contributed by atoms with Gasteiger partial charge in [0.25, 0.3) is 0 Å². The van der Waals surface area contributed by atoms with Crippen molar-refractivity contribution in [2.75, 3.05) is 0 Å². The lowest BCUT2D eigenvalue weighted by Gasteiger charge is -2.22. The fraction of sp³-hybridized carbons (Fsp3) is 0.200. The van der Waals surface area contributed by atoms with Crippen LogP contribution in [0.5, 0.6) is 34.5 Å². The number of phenols is 6. The van der Waals surface area contributed by atoms with Gasteiger partial charge in [-0.05, 0) is 52.9 Å². The summed E-state index contributed by atoms with van der Waals surface area (Å²) < 4.78 is 0. The van der Waals surface area contributed by atoms with Gasteiger partial charge < -0.3 is 30.6 Å². The van der Waals surface area contributed by atoms with E-state index < -0.39 is 5.92 Å². The summed E-state index contributed by atoms with van der Waals surface area (Å²) >= 11 is 0. The van der Waals surface area contributed by atoms with Crippen molar-refractivity contribution in [3.63, 3.8) is 0 Å². The molecule has 0 bridgehead atoms. The molecule has 0 saturated carbocycles. The van der Waals surface area contributed by atoms with Gasteiger partial charge in [-0.1, -0.05) is 49.7 Å². The molecular formula is C30H30O6. The molecule has 36 heavy (non-hydrogen) atoms. The molecule has 0 fully saturated rings. The Morgan fingerprint density at radius 2 is 0.917 bits per heavy atom. The van der Waals surface area contributed by atoms with Crippen molar-refractivity contribution in [1.29, 1.82) is 0 Å². The van der Waals surface area contributed by atoms with Gasteiger partial charge >= 0.3 is 0 Å². The third-order valence-corrected chi connectivity index (χ3v) is 6.53. The minimum absolute atomic E-state index is 0.0927. The summed E-state index contributed by atoms with van der Waals surface area (Å²) in [5.41, 5.74) is 3.36. The van der Waals surface area contributed by atoms with Gasteiger partial charge in [0.1, 0.15) is 34.5 Å². The third-order valence-electron chi connectivity index (χ3n) is 6.53. The van der Waals surface area contributed by atoms with E-state index in [4.69, 9.17) is 0 Å². The van der Waals surface area contributed by atoms with Crippen molar-refractivity contribution in [1.82, 2.24) is 0 Å². The second kappa shape index (κ2) is 10.5. The van der Waals surface area contributed by atoms with Crippen LogP contribution in [0.25, 0.3) is 0 Å². The maximum atomic E-state index is 10.8. The molecule has 0 aliphatic rings. The van der Waals surface area contributed by atoms with Gasteiger partial charge in [0.2, 0.25) is 0 Å². The lowest BCUT2D eigenvalue weighted by atomic mass is 9.83. The Morgan fingerprint density at radius 3 is 1.31 bits per heavy atom. The molecule has 6 nitrogen and oxygen atoms in total. The average molecular weight is 487 g/mol. The van der Waals surface area contributed by atoms with E-state index in [9.17, 15) is 30.6 Å². The first-order chi connectivity index (χ1) is 17.3. The normalized spacial score (nSPS) is 11.2. The predicted molar refractivity (Wildman–Crippen MR) is 138 cm³/mol. The third kappa shape index (κ3) is 5.18. The lowest BCUT2D eigenvalue weighted by Crippen LogP contribution is -2.05. The van der Waals surface area contributed by atoms with Gasteiger partial charge in [0.15, 0.2) is 0 Å². The first-order valence-electron chi connectivity index (χ1n) is 11.9. The Labute approximate surface area is 210 Å². The first-order valence-corrected chi connectivity index (χ1v) is 11.9. The van der Waals surface area contributed by atoms with Crippen LogP contribution in [-0.4, -0.2) is 30.6 Å². The minimum Gasteiger partial charge on any atom is -0.508 e. The lowest BCUT2D eigenvalue weighted by molar-refractivity contribution is 0.430. The maximum Gasteiger partial charge on any atom is 0.123 e. The number of para-hydroxylation sites is 2. The molecule has 0 amide bonds. The number of aromatic hydroxyl groups is 6. The second-order valence-corrected chi connectivity index (χ2v) is 9.03. The van der Waals surface area contributed by atoms with Gasteiger partial charge in [0, 0.05) is 42.0 Å². The first kappa shape index (κ1) is 24.8. The van der Waals surface area contributed by atoms with E-state index in [0.717, 1.165) is 6.42 Å². The van der Waals surface area contributed by atoms with Crippen LogP contribution < -0.4 is 0 Å². The van der Waals surface area contributed by atoms with E-state index in [1.54, 1.807) is 60.7 Å². The predicted octanol–water partition coefficient (Wildman–Crippen LogP) is 6.03. The second-order valence-electron chi connectivity index (χ2n) is 9.03. The molecule has 0 aliphatic heterocycles. The Hall–Kier alpha value is -4.32. The van der Waals surface area contributed by atoms with E-state index in [-0.39, 0.29) is 47.3 Å². The molecule has 4 rings (SSSR count). The molecule has 0 saturated heterocycles. The Morgan fingerprint density at radius 1 is 0.500 bits per heavy atom. The number of hydrogen-bond acceptors (Lipinski definition) is 6. The van der Waals surface area contributed by atoms with Crippen molar-refractivity contribution >= 4 is 0 Å². The minimum atomic E-state index is -0.428. The van der Waals surface area contributed by atoms with Crippen LogP contribution in [0.15, 0.2) is 72.8 Å². The standard InChI is InChI=1S/C30H30O6/c1-2-7-22(23-14-20(27(33)16-29(23)35)12-18-8-3-5-10-25(18)31)24-15-21(28(34)17-30(24)36)13-19-9-4-6-11-26(19)32/h3-6,8-11,14-17,22,31-36H,2,7,12-13H2,1H3. The number of rotatable bonds is 8. The molecule has 0 unspecified atom stereocenters. The smallest absolute Gasteiger partial charge is 0.123 e. The summed E-state index contributed by atoms with van der Waals surface area (Å²) in [6, 6.07) is 19.7. The van der Waals surface area contributed by atoms with E-state index in [2.05, 4.69) is 0 Å². The van der Waals surface area contributed by atoms with Crippen LogP contribution in [0, 0.1) is 0 Å². The molecule has 186 valence electrons. The fourth-order valence-corrected chi connectivity index (χ4v) is 4.62. The Bertz CT molecular complexity index is 1280. The van der Waals surface area contributed by atoms with Gasteiger partial charge in [-0.3, -0.25) is 0 Å². The van der Waals surface area contributed by atoms with Crippen LogP contribution in [0.3, 0.4) is 0 Å². The topological polar surface area (TPSA) is 121 Å². The van der Waals surface area contributed by atoms with E-state index in [1.165, 1.54) is 12.1 Å². The van der Waals surface area contributed by atoms with Crippen molar-refractivity contribution in [3.8, 4) is 34.5 Å². The van der Waals surface area contributed by atoms with Gasteiger partial charge in [-0.15, -0.1) is 0 Å². The molecule has 4 aromatic rings. The summed E-state index contributed by atoms with van der Waals surface area (Å²) in [6.07, 6.45) is 1.84. The van der Waals surface area contributed by atoms with Crippen molar-refractivity contribution in [2.45, 2.75) is 38.5 Å². The van der Waals surface area contributed by atoms with Crippen molar-refractivity contribution in [3.05, 3.63) is 106 Å². The summed E-state index contributed by atoms with van der Waals surface area (Å²) in [7, 11) is 0. The zero-order chi connectivity index (χ0) is 25.8. The molecule has 0 heterocycles. The molecular weight excluding hydrogens is 456 g/mol.